The van der Waals surface area contributed by atoms with Gasteiger partial charge in [0.15, 0.2) is 4.32 Å². The topological polar surface area (TPSA) is 23.6 Å². The highest BCUT2D eigenvalue weighted by Crippen LogP contribution is 2.36. The van der Waals surface area contributed by atoms with Crippen LogP contribution in [0.3, 0.4) is 0 Å². The first-order chi connectivity index (χ1) is 12.5. The number of carbonyl (C=O) groups excluding carboxylic acids is 1. The van der Waals surface area contributed by atoms with Gasteiger partial charge in [0.05, 0.1) is 10.6 Å². The van der Waals surface area contributed by atoms with Crippen LogP contribution in [-0.2, 0) is 4.79 Å². The van der Waals surface area contributed by atoms with E-state index >= 15 is 0 Å². The van der Waals surface area contributed by atoms with Gasteiger partial charge in [0.2, 0.25) is 0 Å². The van der Waals surface area contributed by atoms with Crippen molar-refractivity contribution < 1.29 is 9.18 Å². The van der Waals surface area contributed by atoms with E-state index in [1.807, 2.05) is 24.3 Å². The predicted molar refractivity (Wildman–Crippen MR) is 112 cm³/mol. The highest BCUT2D eigenvalue weighted by molar-refractivity contribution is 8.27. The molecule has 0 aromatic heterocycles. The van der Waals surface area contributed by atoms with Crippen molar-refractivity contribution in [2.45, 2.75) is 13.8 Å². The van der Waals surface area contributed by atoms with Gasteiger partial charge in [-0.3, -0.25) is 9.69 Å². The van der Waals surface area contributed by atoms with Gasteiger partial charge in [-0.05, 0) is 61.9 Å². The fraction of sp³-hybridized carbons (Fsp3) is 0.200. The van der Waals surface area contributed by atoms with Crippen LogP contribution in [0.4, 0.5) is 15.8 Å². The summed E-state index contributed by atoms with van der Waals surface area (Å²) < 4.78 is 13.8. The minimum Gasteiger partial charge on any atom is -0.372 e. The van der Waals surface area contributed by atoms with E-state index in [0.29, 0.717) is 14.8 Å². The zero-order chi connectivity index (χ0) is 18.7. The van der Waals surface area contributed by atoms with E-state index in [4.69, 9.17) is 12.2 Å². The van der Waals surface area contributed by atoms with Gasteiger partial charge in [-0.1, -0.05) is 36.1 Å². The average Bonchev–Trinajstić information content (AvgIpc) is 2.90. The van der Waals surface area contributed by atoms with Crippen molar-refractivity contribution in [3.05, 3.63) is 64.8 Å². The summed E-state index contributed by atoms with van der Waals surface area (Å²) in [6.45, 7) is 6.06. The molecule has 1 saturated heterocycles. The fourth-order valence-corrected chi connectivity index (χ4v) is 4.14. The lowest BCUT2D eigenvalue weighted by molar-refractivity contribution is -0.113. The van der Waals surface area contributed by atoms with Gasteiger partial charge in [-0.2, -0.15) is 0 Å². The van der Waals surface area contributed by atoms with E-state index in [1.165, 1.54) is 28.8 Å². The molecule has 1 aliphatic heterocycles. The molecule has 1 aliphatic rings. The summed E-state index contributed by atoms with van der Waals surface area (Å²) in [5.74, 6) is -0.513. The van der Waals surface area contributed by atoms with E-state index in [2.05, 4.69) is 18.7 Å². The zero-order valence-corrected chi connectivity index (χ0v) is 16.2. The van der Waals surface area contributed by atoms with Gasteiger partial charge in [-0.15, -0.1) is 0 Å². The molecule has 1 amide bonds. The molecule has 6 heteroatoms. The van der Waals surface area contributed by atoms with Crippen molar-refractivity contribution in [3.63, 3.8) is 0 Å². The van der Waals surface area contributed by atoms with Crippen LogP contribution in [0.5, 0.6) is 0 Å². The van der Waals surface area contributed by atoms with Crippen LogP contribution in [0.2, 0.25) is 0 Å². The Bertz CT molecular complexity index is 860. The molecule has 1 heterocycles. The summed E-state index contributed by atoms with van der Waals surface area (Å²) in [5.41, 5.74) is 2.49. The minimum absolute atomic E-state index is 0.181. The molecule has 3 nitrogen and oxygen atoms in total. The van der Waals surface area contributed by atoms with Crippen LogP contribution >= 0.6 is 24.0 Å². The third-order valence-corrected chi connectivity index (χ3v) is 5.48. The molecule has 0 bridgehead atoms. The average molecular weight is 387 g/mol. The number of rotatable bonds is 5. The highest BCUT2D eigenvalue weighted by atomic mass is 32.2. The van der Waals surface area contributed by atoms with Crippen molar-refractivity contribution in [2.75, 3.05) is 22.9 Å². The first kappa shape index (κ1) is 18.6. The lowest BCUT2D eigenvalue weighted by Gasteiger charge is -2.22. The van der Waals surface area contributed by atoms with E-state index in [1.54, 1.807) is 18.2 Å². The molecule has 1 fully saturated rings. The number of amides is 1. The molecule has 0 atom stereocenters. The lowest BCUT2D eigenvalue weighted by atomic mass is 10.2. The largest absolute Gasteiger partial charge is 0.372 e. The molecule has 0 N–H and O–H groups in total. The number of benzene rings is 2. The van der Waals surface area contributed by atoms with Gasteiger partial charge in [0.1, 0.15) is 5.82 Å². The standard InChI is InChI=1S/C20H19FN2OS2/c1-3-22(4-2)16-8-10-17(11-9-16)23-19(24)18(26-20(23)25)13-14-6-5-7-15(21)12-14/h5-13H,3-4H2,1-2H3/b18-13+. The quantitative estimate of drug-likeness (QED) is 0.528. The normalized spacial score (nSPS) is 15.8. The van der Waals surface area contributed by atoms with Gasteiger partial charge in [0.25, 0.3) is 5.91 Å². The number of hydrogen-bond acceptors (Lipinski definition) is 4. The number of nitrogens with zero attached hydrogens (tertiary/aromatic N) is 2. The number of halogens is 1. The van der Waals surface area contributed by atoms with Crippen LogP contribution < -0.4 is 9.80 Å². The molecule has 26 heavy (non-hydrogen) atoms. The molecule has 0 aliphatic carbocycles. The van der Waals surface area contributed by atoms with E-state index in [0.717, 1.165) is 24.5 Å². The van der Waals surface area contributed by atoms with Gasteiger partial charge < -0.3 is 4.90 Å². The van der Waals surface area contributed by atoms with Gasteiger partial charge in [0, 0.05) is 18.8 Å². The number of hydrogen-bond donors (Lipinski definition) is 0. The Kier molecular flexibility index (Phi) is 5.74. The third kappa shape index (κ3) is 3.81. The van der Waals surface area contributed by atoms with Crippen molar-refractivity contribution in [1.82, 2.24) is 0 Å². The number of thiocarbonyl (C=S) groups is 1. The summed E-state index contributed by atoms with van der Waals surface area (Å²) in [7, 11) is 0. The summed E-state index contributed by atoms with van der Waals surface area (Å²) in [5, 5.41) is 0. The highest BCUT2D eigenvalue weighted by Gasteiger charge is 2.33. The van der Waals surface area contributed by atoms with Crippen LogP contribution in [-0.4, -0.2) is 23.3 Å². The SMILES string of the molecule is CCN(CC)c1ccc(N2C(=O)/C(=C\c3cccc(F)c3)SC2=S)cc1. The Morgan fingerprint density at radius 3 is 2.46 bits per heavy atom. The number of anilines is 2. The molecule has 2 aromatic rings. The van der Waals surface area contributed by atoms with Gasteiger partial charge >= 0.3 is 0 Å². The summed E-state index contributed by atoms with van der Waals surface area (Å²) in [6, 6.07) is 14.0. The summed E-state index contributed by atoms with van der Waals surface area (Å²) in [6.07, 6.45) is 1.67. The van der Waals surface area contributed by atoms with Crippen molar-refractivity contribution in [3.8, 4) is 0 Å². The van der Waals surface area contributed by atoms with Crippen LogP contribution in [0.1, 0.15) is 19.4 Å². The fourth-order valence-electron chi connectivity index (χ4n) is 2.84. The van der Waals surface area contributed by atoms with Crippen LogP contribution in [0.15, 0.2) is 53.4 Å². The molecule has 0 radical (unpaired) electrons. The monoisotopic (exact) mass is 386 g/mol. The zero-order valence-electron chi connectivity index (χ0n) is 14.6. The molecule has 2 aromatic carbocycles. The summed E-state index contributed by atoms with van der Waals surface area (Å²) >= 11 is 6.62. The first-order valence-electron chi connectivity index (χ1n) is 8.42. The Morgan fingerprint density at radius 2 is 1.85 bits per heavy atom. The molecule has 0 saturated carbocycles. The third-order valence-electron chi connectivity index (χ3n) is 4.18. The second-order valence-corrected chi connectivity index (χ2v) is 7.44. The lowest BCUT2D eigenvalue weighted by Crippen LogP contribution is -2.27. The minimum atomic E-state index is -0.332. The predicted octanol–water partition coefficient (Wildman–Crippen LogP) is 5.08. The Balaban J connectivity index is 1.85. The number of thioether (sulfide) groups is 1. The maximum Gasteiger partial charge on any atom is 0.270 e. The molecular weight excluding hydrogens is 367 g/mol. The van der Waals surface area contributed by atoms with E-state index in [-0.39, 0.29) is 11.7 Å². The Labute approximate surface area is 162 Å². The molecule has 0 unspecified atom stereocenters. The second kappa shape index (κ2) is 8.01. The summed E-state index contributed by atoms with van der Waals surface area (Å²) in [4.78, 5) is 17.0. The van der Waals surface area contributed by atoms with Crippen LogP contribution in [0.25, 0.3) is 6.08 Å². The van der Waals surface area contributed by atoms with Gasteiger partial charge in [-0.25, -0.2) is 4.39 Å². The molecule has 134 valence electrons. The van der Waals surface area contributed by atoms with E-state index in [9.17, 15) is 9.18 Å². The molecule has 0 spiro atoms. The van der Waals surface area contributed by atoms with Crippen molar-refractivity contribution >= 4 is 51.7 Å². The first-order valence-corrected chi connectivity index (χ1v) is 9.64. The molecular formula is C20H19FN2OS2. The number of carbonyl (C=O) groups is 1. The van der Waals surface area contributed by atoms with E-state index < -0.39 is 0 Å². The second-order valence-electron chi connectivity index (χ2n) is 5.76. The van der Waals surface area contributed by atoms with Crippen LogP contribution in [0, 0.1) is 5.82 Å². The maximum absolute atomic E-state index is 13.4. The van der Waals surface area contributed by atoms with Crippen molar-refractivity contribution in [1.29, 1.82) is 0 Å². The van der Waals surface area contributed by atoms with Crippen molar-refractivity contribution in [2.24, 2.45) is 0 Å². The smallest absolute Gasteiger partial charge is 0.270 e. The molecule has 3 rings (SSSR count). The Hall–Kier alpha value is -2.18. The Morgan fingerprint density at radius 1 is 1.15 bits per heavy atom. The maximum atomic E-state index is 13.4.